The van der Waals surface area contributed by atoms with Crippen molar-refractivity contribution in [3.05, 3.63) is 0 Å². The molecule has 0 aromatic heterocycles. The molecule has 1 aliphatic carbocycles. The Morgan fingerprint density at radius 3 is 2.23 bits per heavy atom. The van der Waals surface area contributed by atoms with E-state index in [-0.39, 0.29) is 0 Å². The maximum atomic E-state index is 2.49. The molecule has 78 valence electrons. The number of nitrogens with zero attached hydrogens (tertiary/aromatic N) is 1. The van der Waals surface area contributed by atoms with Crippen molar-refractivity contribution in [2.24, 2.45) is 11.3 Å². The smallest absolute Gasteiger partial charge is 0.00375 e. The minimum atomic E-state index is 0.785. The molecule has 2 rings (SSSR count). The van der Waals surface area contributed by atoms with Gasteiger partial charge in [0.05, 0.1) is 0 Å². The Labute approximate surface area is 83.5 Å². The van der Waals surface area contributed by atoms with Crippen LogP contribution in [0.15, 0.2) is 0 Å². The van der Waals surface area contributed by atoms with E-state index in [0.29, 0.717) is 0 Å². The van der Waals surface area contributed by atoms with Gasteiger partial charge in [-0.25, -0.2) is 0 Å². The van der Waals surface area contributed by atoms with Crippen LogP contribution < -0.4 is 0 Å². The van der Waals surface area contributed by atoms with Crippen molar-refractivity contribution in [2.45, 2.75) is 46.5 Å². The van der Waals surface area contributed by atoms with Crippen LogP contribution in [0.25, 0.3) is 0 Å². The van der Waals surface area contributed by atoms with E-state index in [1.165, 1.54) is 38.8 Å². The maximum absolute atomic E-state index is 2.49. The Morgan fingerprint density at radius 1 is 1.31 bits per heavy atom. The maximum Gasteiger partial charge on any atom is 0.00375 e. The molecule has 1 aliphatic heterocycles. The summed E-state index contributed by atoms with van der Waals surface area (Å²) in [7, 11) is 2.26. The minimum Gasteiger partial charge on any atom is -0.306 e. The molecule has 1 spiro atoms. The van der Waals surface area contributed by atoms with Gasteiger partial charge in [0.1, 0.15) is 0 Å². The summed E-state index contributed by atoms with van der Waals surface area (Å²) in [5.74, 6) is 1.00. The second-order valence-electron chi connectivity index (χ2n) is 5.00. The Kier molecular flexibility index (Phi) is 3.78. The third-order valence-electron chi connectivity index (χ3n) is 3.47. The van der Waals surface area contributed by atoms with E-state index < -0.39 is 0 Å². The molecule has 2 aliphatic rings. The molecule has 2 fully saturated rings. The zero-order valence-corrected chi connectivity index (χ0v) is 9.77. The highest BCUT2D eigenvalue weighted by Crippen LogP contribution is 2.55. The van der Waals surface area contributed by atoms with E-state index in [2.05, 4.69) is 32.7 Å². The Hall–Kier alpha value is -0.0400. The van der Waals surface area contributed by atoms with Gasteiger partial charge in [-0.2, -0.15) is 0 Å². The highest BCUT2D eigenvalue weighted by atomic mass is 15.1. The first-order valence-corrected chi connectivity index (χ1v) is 5.83. The van der Waals surface area contributed by atoms with Gasteiger partial charge in [-0.1, -0.05) is 27.2 Å². The number of hydrogen-bond donors (Lipinski definition) is 0. The first-order valence-electron chi connectivity index (χ1n) is 5.83. The lowest BCUT2D eigenvalue weighted by Crippen LogP contribution is -2.38. The van der Waals surface area contributed by atoms with Crippen LogP contribution in [0, 0.1) is 11.3 Å². The summed E-state index contributed by atoms with van der Waals surface area (Å²) in [6, 6.07) is 0. The molecule has 1 heterocycles. The van der Waals surface area contributed by atoms with Crippen molar-refractivity contribution in [1.82, 2.24) is 4.90 Å². The summed E-state index contributed by atoms with van der Waals surface area (Å²) < 4.78 is 0. The lowest BCUT2D eigenvalue weighted by Gasteiger charge is -2.35. The van der Waals surface area contributed by atoms with Crippen LogP contribution in [0.3, 0.4) is 0 Å². The summed E-state index contributed by atoms with van der Waals surface area (Å²) in [6.07, 6.45) is 5.67. The molecule has 1 saturated carbocycles. The van der Waals surface area contributed by atoms with Gasteiger partial charge < -0.3 is 4.90 Å². The topological polar surface area (TPSA) is 3.24 Å². The monoisotopic (exact) mass is 183 g/mol. The molecule has 0 bridgehead atoms. The molecular formula is C12H25N. The zero-order chi connectivity index (χ0) is 9.90. The van der Waals surface area contributed by atoms with Crippen molar-refractivity contribution in [3.63, 3.8) is 0 Å². The van der Waals surface area contributed by atoms with Crippen LogP contribution in [0.5, 0.6) is 0 Å². The van der Waals surface area contributed by atoms with Gasteiger partial charge in [0.25, 0.3) is 0 Å². The van der Waals surface area contributed by atoms with Crippen molar-refractivity contribution >= 4 is 0 Å². The fraction of sp³-hybridized carbons (Fsp3) is 1.00. The Bertz CT molecular complexity index is 149. The van der Waals surface area contributed by atoms with E-state index in [1.54, 1.807) is 0 Å². The first kappa shape index (κ1) is 11.0. The molecular weight excluding hydrogens is 158 g/mol. The van der Waals surface area contributed by atoms with Crippen LogP contribution in [0.2, 0.25) is 0 Å². The largest absolute Gasteiger partial charge is 0.306 e. The van der Waals surface area contributed by atoms with E-state index in [1.807, 2.05) is 0 Å². The number of hydrogen-bond acceptors (Lipinski definition) is 1. The molecule has 0 N–H and O–H groups in total. The van der Waals surface area contributed by atoms with Gasteiger partial charge in [-0.3, -0.25) is 0 Å². The van der Waals surface area contributed by atoms with Crippen LogP contribution >= 0.6 is 0 Å². The second kappa shape index (κ2) is 4.45. The average molecular weight is 183 g/mol. The van der Waals surface area contributed by atoms with Crippen molar-refractivity contribution in [1.29, 1.82) is 0 Å². The van der Waals surface area contributed by atoms with Gasteiger partial charge in [0.2, 0.25) is 0 Å². The molecule has 1 nitrogen and oxygen atoms in total. The van der Waals surface area contributed by atoms with Crippen LogP contribution in [0.4, 0.5) is 0 Å². The van der Waals surface area contributed by atoms with E-state index in [0.717, 1.165) is 11.3 Å². The fourth-order valence-electron chi connectivity index (χ4n) is 2.30. The summed E-state index contributed by atoms with van der Waals surface area (Å²) in [5.41, 5.74) is 0.785. The third kappa shape index (κ3) is 2.70. The van der Waals surface area contributed by atoms with Gasteiger partial charge >= 0.3 is 0 Å². The van der Waals surface area contributed by atoms with Gasteiger partial charge in [0.15, 0.2) is 0 Å². The SMILES string of the molecule is CC1CCN(C)CC12CC2.CCC. The molecule has 0 amide bonds. The molecule has 1 heteroatoms. The van der Waals surface area contributed by atoms with E-state index >= 15 is 0 Å². The Balaban J connectivity index is 0.000000251. The third-order valence-corrected chi connectivity index (χ3v) is 3.47. The highest BCUT2D eigenvalue weighted by molar-refractivity contribution is 5.01. The van der Waals surface area contributed by atoms with Gasteiger partial charge in [0, 0.05) is 6.54 Å². The molecule has 13 heavy (non-hydrogen) atoms. The number of piperidine rings is 1. The summed E-state index contributed by atoms with van der Waals surface area (Å²) in [4.78, 5) is 2.49. The average Bonchev–Trinajstić information content (AvgIpc) is 2.81. The minimum absolute atomic E-state index is 0.785. The molecule has 1 saturated heterocycles. The lowest BCUT2D eigenvalue weighted by atomic mass is 9.84. The number of likely N-dealkylation sites (tertiary alicyclic amines) is 1. The normalized spacial score (nSPS) is 30.9. The summed E-state index contributed by atoms with van der Waals surface area (Å²) >= 11 is 0. The summed E-state index contributed by atoms with van der Waals surface area (Å²) in [6.45, 7) is 9.37. The van der Waals surface area contributed by atoms with E-state index in [9.17, 15) is 0 Å². The molecule has 1 atom stereocenters. The molecule has 1 unspecified atom stereocenters. The molecule has 0 aromatic rings. The Morgan fingerprint density at radius 2 is 1.85 bits per heavy atom. The van der Waals surface area contributed by atoms with Crippen LogP contribution in [-0.2, 0) is 0 Å². The molecule has 0 aromatic carbocycles. The van der Waals surface area contributed by atoms with Crippen LogP contribution in [-0.4, -0.2) is 25.0 Å². The summed E-state index contributed by atoms with van der Waals surface area (Å²) in [5, 5.41) is 0. The zero-order valence-electron chi connectivity index (χ0n) is 9.77. The van der Waals surface area contributed by atoms with Crippen LogP contribution in [0.1, 0.15) is 46.5 Å². The number of rotatable bonds is 0. The van der Waals surface area contributed by atoms with Crippen molar-refractivity contribution in [2.75, 3.05) is 20.1 Å². The predicted molar refractivity (Wildman–Crippen MR) is 58.9 cm³/mol. The highest BCUT2D eigenvalue weighted by Gasteiger charge is 2.49. The van der Waals surface area contributed by atoms with E-state index in [4.69, 9.17) is 0 Å². The predicted octanol–water partition coefficient (Wildman–Crippen LogP) is 3.15. The van der Waals surface area contributed by atoms with Gasteiger partial charge in [-0.05, 0) is 44.2 Å². The first-order chi connectivity index (χ1) is 6.14. The second-order valence-corrected chi connectivity index (χ2v) is 5.00. The lowest BCUT2D eigenvalue weighted by molar-refractivity contribution is 0.136. The quantitative estimate of drug-likeness (QED) is 0.557. The van der Waals surface area contributed by atoms with Gasteiger partial charge in [-0.15, -0.1) is 0 Å². The standard InChI is InChI=1S/C9H17N.C3H8/c1-8-3-6-10(2)7-9(8)4-5-9;1-3-2/h8H,3-7H2,1-2H3;3H2,1-2H3. The fourth-order valence-corrected chi connectivity index (χ4v) is 2.30. The van der Waals surface area contributed by atoms with Crippen molar-refractivity contribution in [3.8, 4) is 0 Å². The molecule has 0 radical (unpaired) electrons. The van der Waals surface area contributed by atoms with Crippen molar-refractivity contribution < 1.29 is 0 Å².